The number of methoxy groups -OCH3 is 1. The summed E-state index contributed by atoms with van der Waals surface area (Å²) >= 11 is 0. The van der Waals surface area contributed by atoms with Crippen molar-refractivity contribution in [1.82, 2.24) is 0 Å². The highest BCUT2D eigenvalue weighted by molar-refractivity contribution is 5.98. The zero-order valence-electron chi connectivity index (χ0n) is 11.2. The van der Waals surface area contributed by atoms with Gasteiger partial charge in [-0.25, -0.2) is 0 Å². The Morgan fingerprint density at radius 1 is 1.40 bits per heavy atom. The molecule has 0 saturated heterocycles. The molecule has 0 radical (unpaired) electrons. The SMILES string of the molecule is CCC(CC#N)C(=O)c1ccc(OC)c(OC(F)F)c1. The molecule has 20 heavy (non-hydrogen) atoms. The van der Waals surface area contributed by atoms with Gasteiger partial charge in [-0.1, -0.05) is 6.92 Å². The molecule has 1 unspecified atom stereocenters. The smallest absolute Gasteiger partial charge is 0.387 e. The highest BCUT2D eigenvalue weighted by atomic mass is 19.3. The van der Waals surface area contributed by atoms with Crippen LogP contribution in [0.3, 0.4) is 0 Å². The van der Waals surface area contributed by atoms with Crippen molar-refractivity contribution in [3.63, 3.8) is 0 Å². The highest BCUT2D eigenvalue weighted by Crippen LogP contribution is 2.30. The van der Waals surface area contributed by atoms with E-state index in [-0.39, 0.29) is 29.3 Å². The second-order valence-corrected chi connectivity index (χ2v) is 4.08. The van der Waals surface area contributed by atoms with Crippen LogP contribution in [-0.2, 0) is 0 Å². The zero-order valence-corrected chi connectivity index (χ0v) is 11.2. The third-order valence-electron chi connectivity index (χ3n) is 2.87. The summed E-state index contributed by atoms with van der Waals surface area (Å²) in [5, 5.41) is 8.67. The van der Waals surface area contributed by atoms with Crippen LogP contribution in [0.2, 0.25) is 0 Å². The Hall–Kier alpha value is -2.16. The Balaban J connectivity index is 3.07. The summed E-state index contributed by atoms with van der Waals surface area (Å²) in [6, 6.07) is 6.02. The van der Waals surface area contributed by atoms with Gasteiger partial charge in [0.15, 0.2) is 17.3 Å². The molecular weight excluding hydrogens is 268 g/mol. The van der Waals surface area contributed by atoms with Gasteiger partial charge in [-0.15, -0.1) is 0 Å². The van der Waals surface area contributed by atoms with E-state index in [1.807, 2.05) is 6.07 Å². The molecular formula is C14H15F2NO3. The van der Waals surface area contributed by atoms with Gasteiger partial charge in [0.25, 0.3) is 0 Å². The molecule has 0 saturated carbocycles. The second kappa shape index (κ2) is 7.43. The van der Waals surface area contributed by atoms with Gasteiger partial charge < -0.3 is 9.47 Å². The first-order chi connectivity index (χ1) is 9.53. The van der Waals surface area contributed by atoms with Crippen molar-refractivity contribution in [2.45, 2.75) is 26.4 Å². The summed E-state index contributed by atoms with van der Waals surface area (Å²) in [6.45, 7) is -1.21. The van der Waals surface area contributed by atoms with Gasteiger partial charge in [-0.05, 0) is 24.6 Å². The lowest BCUT2D eigenvalue weighted by molar-refractivity contribution is -0.0512. The number of hydrogen-bond donors (Lipinski definition) is 0. The molecule has 0 spiro atoms. The molecule has 0 aliphatic carbocycles. The summed E-state index contributed by atoms with van der Waals surface area (Å²) in [7, 11) is 1.32. The molecule has 6 heteroatoms. The predicted molar refractivity (Wildman–Crippen MR) is 68.0 cm³/mol. The Morgan fingerprint density at radius 3 is 2.60 bits per heavy atom. The standard InChI is InChI=1S/C14H15F2NO3/c1-3-9(6-7-17)13(18)10-4-5-11(19-2)12(8-10)20-14(15)16/h4-5,8-9,14H,3,6H2,1-2H3. The lowest BCUT2D eigenvalue weighted by Gasteiger charge is -2.13. The molecule has 0 bridgehead atoms. The van der Waals surface area contributed by atoms with E-state index in [4.69, 9.17) is 10.00 Å². The number of ketones is 1. The van der Waals surface area contributed by atoms with E-state index in [2.05, 4.69) is 4.74 Å². The van der Waals surface area contributed by atoms with Crippen LogP contribution in [0.5, 0.6) is 11.5 Å². The van der Waals surface area contributed by atoms with Crippen molar-refractivity contribution in [2.24, 2.45) is 5.92 Å². The highest BCUT2D eigenvalue weighted by Gasteiger charge is 2.20. The number of nitriles is 1. The van der Waals surface area contributed by atoms with E-state index in [1.54, 1.807) is 6.92 Å². The average molecular weight is 283 g/mol. The predicted octanol–water partition coefficient (Wildman–Crippen LogP) is 3.42. The summed E-state index contributed by atoms with van der Waals surface area (Å²) in [5.41, 5.74) is 0.226. The number of halogens is 2. The lowest BCUT2D eigenvalue weighted by Crippen LogP contribution is -2.14. The number of Topliss-reactive ketones (excluding diaryl/α,β-unsaturated/α-hetero) is 1. The third kappa shape index (κ3) is 3.92. The van der Waals surface area contributed by atoms with Crippen molar-refractivity contribution < 1.29 is 23.0 Å². The van der Waals surface area contributed by atoms with E-state index in [9.17, 15) is 13.6 Å². The van der Waals surface area contributed by atoms with Gasteiger partial charge in [0, 0.05) is 17.9 Å². The number of alkyl halides is 2. The number of hydrogen-bond acceptors (Lipinski definition) is 4. The molecule has 4 nitrogen and oxygen atoms in total. The number of carbonyl (C=O) groups is 1. The molecule has 0 fully saturated rings. The van der Waals surface area contributed by atoms with Crippen LogP contribution >= 0.6 is 0 Å². The molecule has 0 aliphatic heterocycles. The van der Waals surface area contributed by atoms with E-state index >= 15 is 0 Å². The summed E-state index contributed by atoms with van der Waals surface area (Å²) in [4.78, 5) is 12.2. The topological polar surface area (TPSA) is 59.3 Å². The molecule has 1 atom stereocenters. The van der Waals surface area contributed by atoms with Crippen molar-refractivity contribution in [2.75, 3.05) is 7.11 Å². The van der Waals surface area contributed by atoms with Gasteiger partial charge in [0.2, 0.25) is 0 Å². The van der Waals surface area contributed by atoms with Crippen LogP contribution in [0.15, 0.2) is 18.2 Å². The monoisotopic (exact) mass is 283 g/mol. The quantitative estimate of drug-likeness (QED) is 0.719. The van der Waals surface area contributed by atoms with Crippen LogP contribution in [0.4, 0.5) is 8.78 Å². The third-order valence-corrected chi connectivity index (χ3v) is 2.87. The molecule has 0 amide bonds. The Labute approximate surface area is 115 Å². The summed E-state index contributed by atoms with van der Waals surface area (Å²) in [5.74, 6) is -0.793. The first kappa shape index (κ1) is 15.9. The largest absolute Gasteiger partial charge is 0.493 e. The van der Waals surface area contributed by atoms with Crippen molar-refractivity contribution in [3.05, 3.63) is 23.8 Å². The fraction of sp³-hybridized carbons (Fsp3) is 0.429. The molecule has 108 valence electrons. The van der Waals surface area contributed by atoms with Gasteiger partial charge in [0.05, 0.1) is 13.2 Å². The maximum Gasteiger partial charge on any atom is 0.387 e. The van der Waals surface area contributed by atoms with Gasteiger partial charge in [-0.3, -0.25) is 4.79 Å². The first-order valence-electron chi connectivity index (χ1n) is 6.07. The van der Waals surface area contributed by atoms with E-state index in [0.717, 1.165) is 0 Å². The molecule has 0 N–H and O–H groups in total. The number of rotatable bonds is 7. The lowest BCUT2D eigenvalue weighted by atomic mass is 9.93. The maximum atomic E-state index is 12.3. The maximum absolute atomic E-state index is 12.3. The average Bonchev–Trinajstić information content (AvgIpc) is 2.43. The second-order valence-electron chi connectivity index (χ2n) is 4.08. The molecule has 0 heterocycles. The Morgan fingerprint density at radius 2 is 2.10 bits per heavy atom. The van der Waals surface area contributed by atoms with Crippen molar-refractivity contribution in [3.8, 4) is 17.6 Å². The minimum absolute atomic E-state index is 0.0897. The summed E-state index contributed by atoms with van der Waals surface area (Å²) < 4.78 is 33.8. The van der Waals surface area contributed by atoms with Crippen LogP contribution in [-0.4, -0.2) is 19.5 Å². The van der Waals surface area contributed by atoms with E-state index in [1.165, 1.54) is 25.3 Å². The minimum atomic E-state index is -3.00. The van der Waals surface area contributed by atoms with Gasteiger partial charge in [0.1, 0.15) is 0 Å². The molecule has 1 aromatic carbocycles. The molecule has 0 aliphatic rings. The molecule has 1 rings (SSSR count). The van der Waals surface area contributed by atoms with Crippen LogP contribution in [0.25, 0.3) is 0 Å². The van der Waals surface area contributed by atoms with Crippen LogP contribution in [0.1, 0.15) is 30.1 Å². The Bertz CT molecular complexity index is 512. The minimum Gasteiger partial charge on any atom is -0.493 e. The van der Waals surface area contributed by atoms with Crippen LogP contribution in [0, 0.1) is 17.2 Å². The Kier molecular flexibility index (Phi) is 5.91. The number of benzene rings is 1. The first-order valence-corrected chi connectivity index (χ1v) is 6.07. The molecule has 0 aromatic heterocycles. The van der Waals surface area contributed by atoms with Gasteiger partial charge >= 0.3 is 6.61 Å². The molecule has 1 aromatic rings. The fourth-order valence-electron chi connectivity index (χ4n) is 1.79. The van der Waals surface area contributed by atoms with Crippen molar-refractivity contribution >= 4 is 5.78 Å². The van der Waals surface area contributed by atoms with E-state index in [0.29, 0.717) is 6.42 Å². The van der Waals surface area contributed by atoms with Crippen LogP contribution < -0.4 is 9.47 Å². The fourth-order valence-corrected chi connectivity index (χ4v) is 1.79. The van der Waals surface area contributed by atoms with E-state index < -0.39 is 12.5 Å². The number of carbonyl (C=O) groups excluding carboxylic acids is 1. The summed E-state index contributed by atoms with van der Waals surface area (Å²) in [6.07, 6.45) is 0.593. The van der Waals surface area contributed by atoms with Gasteiger partial charge in [-0.2, -0.15) is 14.0 Å². The zero-order chi connectivity index (χ0) is 15.1. The number of nitrogens with zero attached hydrogens (tertiary/aromatic N) is 1. The normalized spacial score (nSPS) is 11.8. The number of ether oxygens (including phenoxy) is 2. The van der Waals surface area contributed by atoms with Crippen molar-refractivity contribution in [1.29, 1.82) is 5.26 Å².